The van der Waals surface area contributed by atoms with Crippen LogP contribution in [0.15, 0.2) is 89.7 Å². The fourth-order valence-electron chi connectivity index (χ4n) is 3.53. The topological polar surface area (TPSA) is 88.3 Å². The maximum absolute atomic E-state index is 13.0. The number of hydrogen-bond acceptors (Lipinski definition) is 5. The first-order valence-corrected chi connectivity index (χ1v) is 13.2. The summed E-state index contributed by atoms with van der Waals surface area (Å²) < 4.78 is 5.50. The first-order valence-electron chi connectivity index (χ1n) is 11.2. The van der Waals surface area contributed by atoms with E-state index in [0.717, 1.165) is 10.9 Å². The Morgan fingerprint density at radius 3 is 2.31 bits per heavy atom. The molecule has 1 unspecified atom stereocenters. The van der Waals surface area contributed by atoms with E-state index in [4.69, 9.17) is 16.3 Å². The Labute approximate surface area is 219 Å². The van der Waals surface area contributed by atoms with Crippen molar-refractivity contribution in [2.75, 3.05) is 12.5 Å². The molecule has 0 radical (unpaired) electrons. The number of H-pyrrole nitrogens is 1. The third-order valence-corrected chi connectivity index (χ3v) is 5.43. The van der Waals surface area contributed by atoms with Crippen molar-refractivity contribution in [1.82, 2.24) is 10.3 Å². The number of esters is 1. The van der Waals surface area contributed by atoms with Gasteiger partial charge in [0.15, 0.2) is 0 Å². The van der Waals surface area contributed by atoms with Gasteiger partial charge in [-0.3, -0.25) is 9.59 Å². The minimum atomic E-state index is -0.998. The molecule has 0 aliphatic carbocycles. The third-order valence-electron chi connectivity index (χ3n) is 5.18. The molecule has 0 bridgehead atoms. The molecule has 0 spiro atoms. The molecule has 0 aliphatic heterocycles. The maximum Gasteiger partial charge on any atom is 0.329 e. The highest BCUT2D eigenvalue weighted by Gasteiger charge is 2.25. The van der Waals surface area contributed by atoms with Crippen molar-refractivity contribution in [2.24, 2.45) is 0 Å². The Balaban J connectivity index is 0.00000115. The van der Waals surface area contributed by atoms with Gasteiger partial charge in [0.1, 0.15) is 12.6 Å². The van der Waals surface area contributed by atoms with Crippen molar-refractivity contribution in [3.05, 3.63) is 117 Å². The number of benzene rings is 3. The summed E-state index contributed by atoms with van der Waals surface area (Å²) in [6.07, 6.45) is 4.18. The van der Waals surface area contributed by atoms with E-state index in [1.54, 1.807) is 42.1 Å². The minimum Gasteiger partial charge on any atom is -0.459 e. The standard InChI is InChI=1S/C26H21ClN2O4.C2H6S/c27-20-12-10-18(11-13-20)25(31)29-23(26(32)33-16-17-6-2-1-3-7-17)14-19-15-24(30)28-22-9-5-4-8-21(19)22;1-3-2/h1-13,15,23H,14,16H2,(H,28,30)(H,29,31);1-2H3. The van der Waals surface area contributed by atoms with Gasteiger partial charge in [0.2, 0.25) is 5.56 Å². The van der Waals surface area contributed by atoms with Crippen molar-refractivity contribution < 1.29 is 14.3 Å². The maximum atomic E-state index is 13.0. The van der Waals surface area contributed by atoms with E-state index in [9.17, 15) is 14.4 Å². The molecule has 0 saturated heterocycles. The number of rotatable bonds is 7. The van der Waals surface area contributed by atoms with Gasteiger partial charge >= 0.3 is 5.97 Å². The molecule has 1 heterocycles. The molecule has 186 valence electrons. The number of pyridine rings is 1. The number of carbonyl (C=O) groups is 2. The number of ether oxygens (including phenoxy) is 1. The first kappa shape index (κ1) is 27.0. The summed E-state index contributed by atoms with van der Waals surface area (Å²) in [7, 11) is 0. The molecule has 4 rings (SSSR count). The van der Waals surface area contributed by atoms with Gasteiger partial charge in [0.25, 0.3) is 5.91 Å². The van der Waals surface area contributed by atoms with E-state index >= 15 is 0 Å². The van der Waals surface area contributed by atoms with Gasteiger partial charge in [-0.25, -0.2) is 4.79 Å². The van der Waals surface area contributed by atoms with Gasteiger partial charge in [-0.2, -0.15) is 11.8 Å². The molecule has 0 saturated carbocycles. The van der Waals surface area contributed by atoms with Crippen molar-refractivity contribution >= 4 is 46.1 Å². The molecule has 1 aromatic heterocycles. The van der Waals surface area contributed by atoms with Crippen LogP contribution in [0.3, 0.4) is 0 Å². The van der Waals surface area contributed by atoms with Gasteiger partial charge in [-0.1, -0.05) is 60.1 Å². The molecule has 0 fully saturated rings. The van der Waals surface area contributed by atoms with E-state index in [1.165, 1.54) is 6.07 Å². The summed E-state index contributed by atoms with van der Waals surface area (Å²) >= 11 is 7.66. The van der Waals surface area contributed by atoms with Crippen LogP contribution < -0.4 is 10.9 Å². The summed E-state index contributed by atoms with van der Waals surface area (Å²) in [6, 6.07) is 23.4. The number of aromatic amines is 1. The predicted octanol–water partition coefficient (Wildman–Crippen LogP) is 5.25. The highest BCUT2D eigenvalue weighted by molar-refractivity contribution is 7.97. The fraction of sp³-hybridized carbons (Fsp3) is 0.179. The van der Waals surface area contributed by atoms with Crippen LogP contribution in [-0.4, -0.2) is 35.4 Å². The number of carbonyl (C=O) groups excluding carboxylic acids is 2. The zero-order valence-electron chi connectivity index (χ0n) is 20.0. The molecule has 0 aliphatic rings. The highest BCUT2D eigenvalue weighted by Crippen LogP contribution is 2.17. The minimum absolute atomic E-state index is 0.0725. The van der Waals surface area contributed by atoms with Crippen LogP contribution in [0, 0.1) is 0 Å². The van der Waals surface area contributed by atoms with E-state index in [1.807, 2.05) is 61.0 Å². The average Bonchev–Trinajstić information content (AvgIpc) is 2.88. The Bertz CT molecular complexity index is 1360. The van der Waals surface area contributed by atoms with Gasteiger partial charge in [-0.15, -0.1) is 0 Å². The number of para-hydroxylation sites is 1. The van der Waals surface area contributed by atoms with E-state index in [2.05, 4.69) is 10.3 Å². The zero-order valence-corrected chi connectivity index (χ0v) is 21.6. The monoisotopic (exact) mass is 522 g/mol. The molecular formula is C28H27ClN2O4S. The lowest BCUT2D eigenvalue weighted by atomic mass is 10.0. The summed E-state index contributed by atoms with van der Waals surface area (Å²) in [5.74, 6) is -1.03. The highest BCUT2D eigenvalue weighted by atomic mass is 35.5. The second kappa shape index (κ2) is 13.5. The lowest BCUT2D eigenvalue weighted by Gasteiger charge is -2.19. The van der Waals surface area contributed by atoms with Crippen molar-refractivity contribution in [2.45, 2.75) is 19.1 Å². The lowest BCUT2D eigenvalue weighted by molar-refractivity contribution is -0.147. The Hall–Kier alpha value is -3.55. The van der Waals surface area contributed by atoms with Crippen LogP contribution in [-0.2, 0) is 22.6 Å². The van der Waals surface area contributed by atoms with Crippen LogP contribution >= 0.6 is 23.4 Å². The van der Waals surface area contributed by atoms with E-state index in [0.29, 0.717) is 21.7 Å². The number of amides is 1. The van der Waals surface area contributed by atoms with Gasteiger partial charge in [0.05, 0.1) is 0 Å². The van der Waals surface area contributed by atoms with Crippen molar-refractivity contribution in [3.8, 4) is 0 Å². The summed E-state index contributed by atoms with van der Waals surface area (Å²) in [4.78, 5) is 40.8. The molecule has 3 aromatic carbocycles. The summed E-state index contributed by atoms with van der Waals surface area (Å²) in [5.41, 5.74) is 2.18. The Kier molecular flexibility index (Phi) is 10.2. The number of halogens is 1. The molecule has 8 heteroatoms. The fourth-order valence-corrected chi connectivity index (χ4v) is 3.66. The lowest BCUT2D eigenvalue weighted by Crippen LogP contribution is -2.43. The van der Waals surface area contributed by atoms with Crippen LogP contribution in [0.2, 0.25) is 5.02 Å². The van der Waals surface area contributed by atoms with Crippen LogP contribution in [0.5, 0.6) is 0 Å². The zero-order chi connectivity index (χ0) is 25.9. The molecular weight excluding hydrogens is 496 g/mol. The Morgan fingerprint density at radius 1 is 0.972 bits per heavy atom. The number of thioether (sulfide) groups is 1. The Morgan fingerprint density at radius 2 is 1.61 bits per heavy atom. The average molecular weight is 523 g/mol. The number of nitrogens with one attached hydrogen (secondary N) is 2. The number of aromatic nitrogens is 1. The van der Waals surface area contributed by atoms with Crippen LogP contribution in [0.1, 0.15) is 21.5 Å². The van der Waals surface area contributed by atoms with Gasteiger partial charge in [-0.05, 0) is 54.0 Å². The van der Waals surface area contributed by atoms with Gasteiger partial charge in [0, 0.05) is 34.0 Å². The summed E-state index contributed by atoms with van der Waals surface area (Å²) in [5, 5.41) is 4.04. The molecule has 36 heavy (non-hydrogen) atoms. The third kappa shape index (κ3) is 7.73. The smallest absolute Gasteiger partial charge is 0.329 e. The molecule has 4 aromatic rings. The second-order valence-electron chi connectivity index (χ2n) is 7.94. The van der Waals surface area contributed by atoms with Crippen molar-refractivity contribution in [1.29, 1.82) is 0 Å². The van der Waals surface area contributed by atoms with Crippen molar-refractivity contribution in [3.63, 3.8) is 0 Å². The normalized spacial score (nSPS) is 11.2. The molecule has 1 atom stereocenters. The SMILES string of the molecule is CSC.O=C(NC(Cc1cc(=O)[nH]c2ccccc12)C(=O)OCc1ccccc1)c1ccc(Cl)cc1. The van der Waals surface area contributed by atoms with Crippen LogP contribution in [0.4, 0.5) is 0 Å². The van der Waals surface area contributed by atoms with Gasteiger partial charge < -0.3 is 15.0 Å². The predicted molar refractivity (Wildman–Crippen MR) is 147 cm³/mol. The molecule has 1 amide bonds. The van der Waals surface area contributed by atoms with E-state index in [-0.39, 0.29) is 18.6 Å². The quantitative estimate of drug-likeness (QED) is 0.324. The van der Waals surface area contributed by atoms with Crippen LogP contribution in [0.25, 0.3) is 10.9 Å². The largest absolute Gasteiger partial charge is 0.459 e. The number of hydrogen-bond donors (Lipinski definition) is 2. The first-order chi connectivity index (χ1) is 17.4. The number of fused-ring (bicyclic) bond motifs is 1. The second-order valence-corrected chi connectivity index (χ2v) is 9.20. The molecule has 2 N–H and O–H groups in total. The molecule has 6 nitrogen and oxygen atoms in total. The summed E-state index contributed by atoms with van der Waals surface area (Å²) in [6.45, 7) is 0.0725. The van der Waals surface area contributed by atoms with E-state index < -0.39 is 17.9 Å².